The minimum absolute atomic E-state index is 0.0460. The smallest absolute Gasteiger partial charge is 0.241 e. The number of nitrogens with one attached hydrogen (secondary N) is 2. The third-order valence-electron chi connectivity index (χ3n) is 3.87. The molecule has 0 saturated carbocycles. The molecule has 1 atom stereocenters. The van der Waals surface area contributed by atoms with E-state index in [1.54, 1.807) is 0 Å². The largest absolute Gasteiger partial charge is 0.325 e. The molecule has 1 aliphatic heterocycles. The third kappa shape index (κ3) is 4.44. The Labute approximate surface area is 141 Å². The molecule has 23 heavy (non-hydrogen) atoms. The molecule has 0 radical (unpaired) electrons. The van der Waals surface area contributed by atoms with Crippen molar-refractivity contribution in [2.75, 3.05) is 11.9 Å². The summed E-state index contributed by atoms with van der Waals surface area (Å²) in [5.74, 6) is 0.0460. The molecule has 1 fully saturated rings. The summed E-state index contributed by atoms with van der Waals surface area (Å²) in [7, 11) is 0. The van der Waals surface area contributed by atoms with Crippen LogP contribution in [-0.2, 0) is 4.79 Å². The Morgan fingerprint density at radius 2 is 1.91 bits per heavy atom. The first-order chi connectivity index (χ1) is 11.2. The number of halogens is 1. The SMILES string of the molecule is O=C(Nc1ccc(/C=C/c2cccc(Cl)c2)cc1)C1CCCN1. The number of rotatable bonds is 4. The molecule has 2 aromatic carbocycles. The maximum Gasteiger partial charge on any atom is 0.241 e. The Bertz CT molecular complexity index is 704. The Kier molecular flexibility index (Phi) is 5.11. The lowest BCUT2D eigenvalue weighted by Gasteiger charge is -2.11. The quantitative estimate of drug-likeness (QED) is 0.827. The molecule has 1 aliphatic rings. The zero-order valence-electron chi connectivity index (χ0n) is 12.8. The van der Waals surface area contributed by atoms with Gasteiger partial charge in [-0.1, -0.05) is 48.0 Å². The van der Waals surface area contributed by atoms with Crippen LogP contribution in [0.4, 0.5) is 5.69 Å². The zero-order valence-corrected chi connectivity index (χ0v) is 13.5. The average molecular weight is 327 g/mol. The van der Waals surface area contributed by atoms with E-state index in [1.165, 1.54) is 0 Å². The molecule has 2 aromatic rings. The fourth-order valence-electron chi connectivity index (χ4n) is 2.62. The molecule has 4 heteroatoms. The van der Waals surface area contributed by atoms with Crippen LogP contribution in [0.1, 0.15) is 24.0 Å². The summed E-state index contributed by atoms with van der Waals surface area (Å²) >= 11 is 5.97. The number of amides is 1. The molecule has 0 aromatic heterocycles. The highest BCUT2D eigenvalue weighted by atomic mass is 35.5. The minimum Gasteiger partial charge on any atom is -0.325 e. The van der Waals surface area contributed by atoms with Crippen LogP contribution in [0, 0.1) is 0 Å². The summed E-state index contributed by atoms with van der Waals surface area (Å²) in [6.45, 7) is 0.922. The van der Waals surface area contributed by atoms with E-state index in [0.717, 1.165) is 41.2 Å². The van der Waals surface area contributed by atoms with Gasteiger partial charge in [0.25, 0.3) is 0 Å². The highest BCUT2D eigenvalue weighted by molar-refractivity contribution is 6.30. The lowest BCUT2D eigenvalue weighted by atomic mass is 10.1. The summed E-state index contributed by atoms with van der Waals surface area (Å²) in [6.07, 6.45) is 6.01. The first-order valence-electron chi connectivity index (χ1n) is 7.79. The summed E-state index contributed by atoms with van der Waals surface area (Å²) in [4.78, 5) is 12.0. The molecule has 0 bridgehead atoms. The van der Waals surface area contributed by atoms with Gasteiger partial charge in [-0.2, -0.15) is 0 Å². The van der Waals surface area contributed by atoms with Crippen LogP contribution in [0.25, 0.3) is 12.2 Å². The van der Waals surface area contributed by atoms with Crippen molar-refractivity contribution in [1.29, 1.82) is 0 Å². The second-order valence-corrected chi connectivity index (χ2v) is 6.08. The van der Waals surface area contributed by atoms with Gasteiger partial charge in [-0.05, 0) is 54.8 Å². The van der Waals surface area contributed by atoms with Crippen molar-refractivity contribution in [2.45, 2.75) is 18.9 Å². The lowest BCUT2D eigenvalue weighted by molar-refractivity contribution is -0.117. The van der Waals surface area contributed by atoms with E-state index >= 15 is 0 Å². The first-order valence-corrected chi connectivity index (χ1v) is 8.16. The van der Waals surface area contributed by atoms with Crippen molar-refractivity contribution >= 4 is 35.3 Å². The summed E-state index contributed by atoms with van der Waals surface area (Å²) in [6, 6.07) is 15.5. The maximum absolute atomic E-state index is 12.0. The van der Waals surface area contributed by atoms with E-state index in [4.69, 9.17) is 11.6 Å². The van der Waals surface area contributed by atoms with Crippen molar-refractivity contribution in [3.05, 3.63) is 64.7 Å². The number of hydrogen-bond acceptors (Lipinski definition) is 2. The molecule has 1 saturated heterocycles. The van der Waals surface area contributed by atoms with Crippen LogP contribution >= 0.6 is 11.6 Å². The van der Waals surface area contributed by atoms with Crippen molar-refractivity contribution in [2.24, 2.45) is 0 Å². The average Bonchev–Trinajstić information content (AvgIpc) is 3.09. The van der Waals surface area contributed by atoms with Gasteiger partial charge in [0.2, 0.25) is 5.91 Å². The van der Waals surface area contributed by atoms with Crippen molar-refractivity contribution < 1.29 is 4.79 Å². The van der Waals surface area contributed by atoms with Crippen molar-refractivity contribution in [3.8, 4) is 0 Å². The van der Waals surface area contributed by atoms with Gasteiger partial charge in [0.1, 0.15) is 0 Å². The Morgan fingerprint density at radius 1 is 1.13 bits per heavy atom. The minimum atomic E-state index is -0.0580. The van der Waals surface area contributed by atoms with E-state index in [1.807, 2.05) is 60.7 Å². The summed E-state index contributed by atoms with van der Waals surface area (Å²) < 4.78 is 0. The van der Waals surface area contributed by atoms with E-state index in [2.05, 4.69) is 10.6 Å². The molecule has 0 spiro atoms. The molecule has 3 rings (SSSR count). The Balaban J connectivity index is 1.61. The third-order valence-corrected chi connectivity index (χ3v) is 4.11. The van der Waals surface area contributed by atoms with Gasteiger partial charge in [0.15, 0.2) is 0 Å². The molecule has 3 nitrogen and oxygen atoms in total. The Morgan fingerprint density at radius 3 is 2.61 bits per heavy atom. The van der Waals surface area contributed by atoms with Gasteiger partial charge in [0.05, 0.1) is 6.04 Å². The van der Waals surface area contributed by atoms with Crippen molar-refractivity contribution in [3.63, 3.8) is 0 Å². The topological polar surface area (TPSA) is 41.1 Å². The predicted molar refractivity (Wildman–Crippen MR) is 96.5 cm³/mol. The molecule has 118 valence electrons. The number of benzene rings is 2. The van der Waals surface area contributed by atoms with Gasteiger partial charge < -0.3 is 10.6 Å². The maximum atomic E-state index is 12.0. The molecule has 2 N–H and O–H groups in total. The highest BCUT2D eigenvalue weighted by Gasteiger charge is 2.21. The van der Waals surface area contributed by atoms with E-state index in [9.17, 15) is 4.79 Å². The fourth-order valence-corrected chi connectivity index (χ4v) is 2.82. The number of carbonyl (C=O) groups excluding carboxylic acids is 1. The van der Waals surface area contributed by atoms with Gasteiger partial charge in [0, 0.05) is 10.7 Å². The summed E-state index contributed by atoms with van der Waals surface area (Å²) in [5, 5.41) is 6.87. The van der Waals surface area contributed by atoms with Gasteiger partial charge >= 0.3 is 0 Å². The van der Waals surface area contributed by atoms with E-state index in [0.29, 0.717) is 0 Å². The van der Waals surface area contributed by atoms with Crippen LogP contribution in [-0.4, -0.2) is 18.5 Å². The van der Waals surface area contributed by atoms with Crippen molar-refractivity contribution in [1.82, 2.24) is 5.32 Å². The standard InChI is InChI=1S/C19H19ClN2O/c20-16-4-1-3-15(13-16)7-6-14-8-10-17(11-9-14)22-19(23)18-5-2-12-21-18/h1,3-4,6-11,13,18,21H,2,5,12H2,(H,22,23)/b7-6+. The first kappa shape index (κ1) is 15.8. The van der Waals surface area contributed by atoms with Gasteiger partial charge in [-0.15, -0.1) is 0 Å². The molecule has 0 aliphatic carbocycles. The monoisotopic (exact) mass is 326 g/mol. The number of hydrogen-bond donors (Lipinski definition) is 2. The predicted octanol–water partition coefficient (Wildman–Crippen LogP) is 4.20. The van der Waals surface area contributed by atoms with Crippen LogP contribution in [0.5, 0.6) is 0 Å². The lowest BCUT2D eigenvalue weighted by Crippen LogP contribution is -2.35. The second kappa shape index (κ2) is 7.44. The van der Waals surface area contributed by atoms with Crippen LogP contribution < -0.4 is 10.6 Å². The highest BCUT2D eigenvalue weighted by Crippen LogP contribution is 2.16. The second-order valence-electron chi connectivity index (χ2n) is 5.65. The number of anilines is 1. The van der Waals surface area contributed by atoms with E-state index < -0.39 is 0 Å². The van der Waals surface area contributed by atoms with Crippen LogP contribution in [0.3, 0.4) is 0 Å². The number of carbonyl (C=O) groups is 1. The Hall–Kier alpha value is -2.10. The molecular formula is C19H19ClN2O. The zero-order chi connectivity index (χ0) is 16.1. The van der Waals surface area contributed by atoms with Gasteiger partial charge in [-0.25, -0.2) is 0 Å². The molecule has 1 amide bonds. The molecular weight excluding hydrogens is 308 g/mol. The van der Waals surface area contributed by atoms with Crippen LogP contribution in [0.2, 0.25) is 5.02 Å². The van der Waals surface area contributed by atoms with E-state index in [-0.39, 0.29) is 11.9 Å². The van der Waals surface area contributed by atoms with Gasteiger partial charge in [-0.3, -0.25) is 4.79 Å². The molecule has 1 unspecified atom stereocenters. The fraction of sp³-hybridized carbons (Fsp3) is 0.211. The summed E-state index contributed by atoms with van der Waals surface area (Å²) in [5.41, 5.74) is 2.95. The normalized spacial score (nSPS) is 17.5. The van der Waals surface area contributed by atoms with Crippen LogP contribution in [0.15, 0.2) is 48.5 Å². The molecule has 1 heterocycles.